The maximum absolute atomic E-state index is 13.3. The molecule has 0 aromatic heterocycles. The van der Waals surface area contributed by atoms with Crippen LogP contribution in [0.25, 0.3) is 0 Å². The number of nitrogens with one attached hydrogen (secondary N) is 1. The first-order valence-electron chi connectivity index (χ1n) is 6.09. The van der Waals surface area contributed by atoms with E-state index in [1.165, 1.54) is 11.6 Å². The summed E-state index contributed by atoms with van der Waals surface area (Å²) in [4.78, 5) is 0. The third kappa shape index (κ3) is 3.02. The van der Waals surface area contributed by atoms with E-state index in [0.29, 0.717) is 5.92 Å². The van der Waals surface area contributed by atoms with Crippen molar-refractivity contribution in [3.05, 3.63) is 53.6 Å². The van der Waals surface area contributed by atoms with E-state index in [1.54, 1.807) is 0 Å². The van der Waals surface area contributed by atoms with Gasteiger partial charge in [0, 0.05) is 11.8 Å². The Bertz CT molecular complexity index is 577. The first kappa shape index (κ1) is 13.3. The number of anilines is 3. The Kier molecular flexibility index (Phi) is 3.69. The van der Waals surface area contributed by atoms with Crippen molar-refractivity contribution in [2.75, 3.05) is 11.1 Å². The van der Waals surface area contributed by atoms with E-state index >= 15 is 0 Å². The molecule has 0 bridgehead atoms. The summed E-state index contributed by atoms with van der Waals surface area (Å²) in [5, 5.41) is 2.91. The van der Waals surface area contributed by atoms with Gasteiger partial charge in [-0.2, -0.15) is 0 Å². The zero-order valence-electron chi connectivity index (χ0n) is 10.9. The van der Waals surface area contributed by atoms with Crippen LogP contribution in [0, 0.1) is 11.6 Å². The highest BCUT2D eigenvalue weighted by Gasteiger charge is 2.08. The van der Waals surface area contributed by atoms with Crippen molar-refractivity contribution in [2.24, 2.45) is 0 Å². The fourth-order valence-electron chi connectivity index (χ4n) is 1.80. The Morgan fingerprint density at radius 2 is 1.68 bits per heavy atom. The fourth-order valence-corrected chi connectivity index (χ4v) is 1.80. The van der Waals surface area contributed by atoms with Gasteiger partial charge in [0.15, 0.2) is 5.82 Å². The van der Waals surface area contributed by atoms with E-state index in [4.69, 9.17) is 5.73 Å². The van der Waals surface area contributed by atoms with Crippen LogP contribution in [0.5, 0.6) is 0 Å². The van der Waals surface area contributed by atoms with Crippen molar-refractivity contribution in [1.29, 1.82) is 0 Å². The standard InChI is InChI=1S/C15H16F2N2/c1-9(2)10-3-5-12(6-4-10)19-14-8-11(16)7-13(17)15(14)18/h3-9,19H,18H2,1-2H3. The molecule has 0 saturated carbocycles. The summed E-state index contributed by atoms with van der Waals surface area (Å²) in [6.45, 7) is 4.20. The Labute approximate surface area is 111 Å². The number of nitrogens with two attached hydrogens (primary N) is 1. The van der Waals surface area contributed by atoms with Gasteiger partial charge in [-0.25, -0.2) is 8.78 Å². The number of benzene rings is 2. The molecule has 0 radical (unpaired) electrons. The molecule has 2 rings (SSSR count). The summed E-state index contributed by atoms with van der Waals surface area (Å²) in [6, 6.07) is 9.60. The minimum atomic E-state index is -0.763. The second kappa shape index (κ2) is 5.26. The number of hydrogen-bond acceptors (Lipinski definition) is 2. The van der Waals surface area contributed by atoms with E-state index in [-0.39, 0.29) is 11.4 Å². The first-order chi connectivity index (χ1) is 8.97. The van der Waals surface area contributed by atoms with Crippen molar-refractivity contribution in [1.82, 2.24) is 0 Å². The lowest BCUT2D eigenvalue weighted by molar-refractivity contribution is 0.587. The van der Waals surface area contributed by atoms with Crippen molar-refractivity contribution in [3.8, 4) is 0 Å². The van der Waals surface area contributed by atoms with Gasteiger partial charge in [-0.15, -0.1) is 0 Å². The van der Waals surface area contributed by atoms with E-state index in [9.17, 15) is 8.78 Å². The zero-order chi connectivity index (χ0) is 14.0. The molecule has 0 heterocycles. The van der Waals surface area contributed by atoms with Crippen molar-refractivity contribution in [3.63, 3.8) is 0 Å². The Balaban J connectivity index is 2.26. The van der Waals surface area contributed by atoms with Crippen molar-refractivity contribution < 1.29 is 8.78 Å². The molecule has 3 N–H and O–H groups in total. The van der Waals surface area contributed by atoms with Gasteiger partial charge < -0.3 is 11.1 Å². The molecule has 0 aliphatic carbocycles. The maximum Gasteiger partial charge on any atom is 0.151 e. The molecule has 0 amide bonds. The van der Waals surface area contributed by atoms with Crippen LogP contribution in [-0.4, -0.2) is 0 Å². The van der Waals surface area contributed by atoms with Crippen LogP contribution < -0.4 is 11.1 Å². The monoisotopic (exact) mass is 262 g/mol. The van der Waals surface area contributed by atoms with Crippen LogP contribution in [0.1, 0.15) is 25.3 Å². The average molecular weight is 262 g/mol. The highest BCUT2D eigenvalue weighted by molar-refractivity contribution is 5.73. The molecule has 0 unspecified atom stereocenters. The molecule has 100 valence electrons. The summed E-state index contributed by atoms with van der Waals surface area (Å²) in [7, 11) is 0. The fraction of sp³-hybridized carbons (Fsp3) is 0.200. The summed E-state index contributed by atoms with van der Waals surface area (Å²) < 4.78 is 26.5. The van der Waals surface area contributed by atoms with E-state index in [0.717, 1.165) is 11.8 Å². The van der Waals surface area contributed by atoms with Gasteiger partial charge in [0.25, 0.3) is 0 Å². The third-order valence-corrected chi connectivity index (χ3v) is 2.95. The highest BCUT2D eigenvalue weighted by atomic mass is 19.1. The third-order valence-electron chi connectivity index (χ3n) is 2.95. The summed E-state index contributed by atoms with van der Waals surface area (Å²) in [5.74, 6) is -0.986. The molecule has 0 saturated heterocycles. The second-order valence-corrected chi connectivity index (χ2v) is 4.75. The molecule has 2 aromatic carbocycles. The number of rotatable bonds is 3. The molecule has 0 aliphatic heterocycles. The van der Waals surface area contributed by atoms with Gasteiger partial charge in [-0.1, -0.05) is 26.0 Å². The Morgan fingerprint density at radius 1 is 1.05 bits per heavy atom. The van der Waals surface area contributed by atoms with Crippen molar-refractivity contribution >= 4 is 17.1 Å². The number of hydrogen-bond donors (Lipinski definition) is 2. The van der Waals surface area contributed by atoms with Crippen LogP contribution in [0.4, 0.5) is 25.8 Å². The molecule has 4 heteroatoms. The molecule has 0 fully saturated rings. The van der Waals surface area contributed by atoms with Gasteiger partial charge in [-0.05, 0) is 29.7 Å². The lowest BCUT2D eigenvalue weighted by atomic mass is 10.0. The number of nitrogen functional groups attached to an aromatic ring is 1. The van der Waals surface area contributed by atoms with Crippen molar-refractivity contribution in [2.45, 2.75) is 19.8 Å². The molecule has 0 atom stereocenters. The summed E-state index contributed by atoms with van der Waals surface area (Å²) in [6.07, 6.45) is 0. The molecule has 2 nitrogen and oxygen atoms in total. The minimum Gasteiger partial charge on any atom is -0.395 e. The molecular formula is C15H16F2N2. The quantitative estimate of drug-likeness (QED) is 0.804. The predicted octanol–water partition coefficient (Wildman–Crippen LogP) is 4.41. The second-order valence-electron chi connectivity index (χ2n) is 4.75. The van der Waals surface area contributed by atoms with Crippen LogP contribution >= 0.6 is 0 Å². The molecule has 0 aliphatic rings. The smallest absolute Gasteiger partial charge is 0.151 e. The largest absolute Gasteiger partial charge is 0.395 e. The lowest BCUT2D eigenvalue weighted by Crippen LogP contribution is -2.00. The predicted molar refractivity (Wildman–Crippen MR) is 74.6 cm³/mol. The van der Waals surface area contributed by atoms with E-state index < -0.39 is 11.6 Å². The molecular weight excluding hydrogens is 246 g/mol. The Morgan fingerprint density at radius 3 is 2.26 bits per heavy atom. The minimum absolute atomic E-state index is 0.0886. The maximum atomic E-state index is 13.3. The van der Waals surface area contributed by atoms with Crippen LogP contribution in [0.2, 0.25) is 0 Å². The zero-order valence-corrected chi connectivity index (χ0v) is 10.9. The van der Waals surface area contributed by atoms with Crippen LogP contribution in [0.3, 0.4) is 0 Å². The number of halogens is 2. The molecule has 19 heavy (non-hydrogen) atoms. The normalized spacial score (nSPS) is 10.8. The van der Waals surface area contributed by atoms with Gasteiger partial charge in [0.1, 0.15) is 5.82 Å². The lowest BCUT2D eigenvalue weighted by Gasteiger charge is -2.11. The van der Waals surface area contributed by atoms with Gasteiger partial charge in [0.2, 0.25) is 0 Å². The molecule has 0 spiro atoms. The topological polar surface area (TPSA) is 38.0 Å². The van der Waals surface area contributed by atoms with E-state index in [2.05, 4.69) is 19.2 Å². The molecule has 2 aromatic rings. The van der Waals surface area contributed by atoms with Gasteiger partial charge >= 0.3 is 0 Å². The van der Waals surface area contributed by atoms with Gasteiger partial charge in [0.05, 0.1) is 11.4 Å². The SMILES string of the molecule is CC(C)c1ccc(Nc2cc(F)cc(F)c2N)cc1. The van der Waals surface area contributed by atoms with Crippen LogP contribution in [0.15, 0.2) is 36.4 Å². The Hall–Kier alpha value is -2.10. The van der Waals surface area contributed by atoms with Crippen LogP contribution in [-0.2, 0) is 0 Å². The summed E-state index contributed by atoms with van der Waals surface area (Å²) in [5.41, 5.74) is 7.65. The first-order valence-corrected chi connectivity index (χ1v) is 6.09. The van der Waals surface area contributed by atoms with Gasteiger partial charge in [-0.3, -0.25) is 0 Å². The van der Waals surface area contributed by atoms with E-state index in [1.807, 2.05) is 24.3 Å². The summed E-state index contributed by atoms with van der Waals surface area (Å²) >= 11 is 0. The average Bonchev–Trinajstić information content (AvgIpc) is 2.36. The highest BCUT2D eigenvalue weighted by Crippen LogP contribution is 2.27.